The van der Waals surface area contributed by atoms with Crippen LogP contribution < -0.4 is 10.4 Å². The highest BCUT2D eigenvalue weighted by Crippen LogP contribution is 2.37. The quantitative estimate of drug-likeness (QED) is 0.352. The number of hydrogen-bond donors (Lipinski definition) is 1. The second kappa shape index (κ2) is 12.1. The third-order valence-electron chi connectivity index (χ3n) is 6.67. The van der Waals surface area contributed by atoms with Crippen LogP contribution in [-0.2, 0) is 14.2 Å². The maximum atomic E-state index is 13.3. The van der Waals surface area contributed by atoms with Crippen molar-refractivity contribution in [3.05, 3.63) is 102 Å². The molecule has 0 unspecified atom stereocenters. The summed E-state index contributed by atoms with van der Waals surface area (Å²) >= 11 is 0. The first-order valence-electron chi connectivity index (χ1n) is 12.5. The SMILES string of the molecule is CN=[S@@](=O)(/C=C\[C@@H](C)[C@@H](O)CCO[Si](c1ccccc1)(c1ccccc1)C(C)(C)C)c1ccccc1. The molecule has 0 saturated carbocycles. The van der Waals surface area contributed by atoms with E-state index in [1.807, 2.05) is 55.5 Å². The van der Waals surface area contributed by atoms with Crippen LogP contribution in [0.4, 0.5) is 0 Å². The van der Waals surface area contributed by atoms with Crippen LogP contribution in [0, 0.1) is 5.92 Å². The summed E-state index contributed by atoms with van der Waals surface area (Å²) in [6, 6.07) is 30.2. The minimum Gasteiger partial charge on any atom is -0.407 e. The van der Waals surface area contributed by atoms with Gasteiger partial charge in [-0.1, -0.05) is 113 Å². The molecule has 4 nitrogen and oxygen atoms in total. The van der Waals surface area contributed by atoms with Crippen LogP contribution in [-0.4, -0.2) is 37.4 Å². The number of hydrogen-bond acceptors (Lipinski definition) is 4. The standard InChI is InChI=1S/C30H39NO3SSi/c1-25(22-24-35(33,31-5)26-15-9-6-10-16-26)29(32)21-23-34-36(30(2,3)4,27-17-11-7-12-18-27)28-19-13-8-14-20-28/h6-20,22,24-25,29,32H,21,23H2,1-5H3/b24-22-/t25-,29+,35-/m1/s1. The molecule has 6 heteroatoms. The first-order valence-corrected chi connectivity index (χ1v) is 15.9. The summed E-state index contributed by atoms with van der Waals surface area (Å²) in [7, 11) is -3.73. The van der Waals surface area contributed by atoms with Crippen molar-refractivity contribution in [3.63, 3.8) is 0 Å². The summed E-state index contributed by atoms with van der Waals surface area (Å²) < 4.78 is 24.4. The van der Waals surface area contributed by atoms with E-state index < -0.39 is 24.2 Å². The molecule has 0 heterocycles. The lowest BCUT2D eigenvalue weighted by molar-refractivity contribution is 0.106. The Hall–Kier alpha value is -2.51. The van der Waals surface area contributed by atoms with Gasteiger partial charge in [-0.2, -0.15) is 0 Å². The monoisotopic (exact) mass is 521 g/mol. The average Bonchev–Trinajstić information content (AvgIpc) is 2.90. The summed E-state index contributed by atoms with van der Waals surface area (Å²) in [5.41, 5.74) is 0. The van der Waals surface area contributed by atoms with Gasteiger partial charge in [-0.15, -0.1) is 0 Å². The van der Waals surface area contributed by atoms with Gasteiger partial charge in [-0.25, -0.2) is 8.57 Å². The van der Waals surface area contributed by atoms with Gasteiger partial charge in [0.05, 0.1) is 20.7 Å². The summed E-state index contributed by atoms with van der Waals surface area (Å²) in [5, 5.41) is 14.9. The van der Waals surface area contributed by atoms with E-state index in [1.54, 1.807) is 12.5 Å². The van der Waals surface area contributed by atoms with Crippen LogP contribution in [0.3, 0.4) is 0 Å². The molecule has 1 N–H and O–H groups in total. The zero-order chi connectivity index (χ0) is 26.2. The normalized spacial score (nSPS) is 15.8. The second-order valence-corrected chi connectivity index (χ2v) is 16.7. The van der Waals surface area contributed by atoms with E-state index >= 15 is 0 Å². The summed E-state index contributed by atoms with van der Waals surface area (Å²) in [6.07, 6.45) is 1.66. The lowest BCUT2D eigenvalue weighted by Gasteiger charge is -2.43. The number of aliphatic hydroxyl groups is 1. The Balaban J connectivity index is 1.79. The van der Waals surface area contributed by atoms with Crippen LogP contribution in [0.15, 0.2) is 112 Å². The lowest BCUT2D eigenvalue weighted by atomic mass is 10.0. The molecule has 0 bridgehead atoms. The van der Waals surface area contributed by atoms with Crippen molar-refractivity contribution in [2.45, 2.75) is 50.2 Å². The van der Waals surface area contributed by atoms with Gasteiger partial charge in [-0.05, 0) is 34.0 Å². The molecule has 3 atom stereocenters. The Bertz CT molecular complexity index is 1190. The third-order valence-corrected chi connectivity index (χ3v) is 13.7. The van der Waals surface area contributed by atoms with Gasteiger partial charge in [0.15, 0.2) is 0 Å². The molecule has 0 aromatic heterocycles. The molecule has 3 aromatic rings. The molecule has 192 valence electrons. The van der Waals surface area contributed by atoms with E-state index in [1.165, 1.54) is 10.4 Å². The minimum absolute atomic E-state index is 0.115. The van der Waals surface area contributed by atoms with E-state index in [0.717, 1.165) is 0 Å². The van der Waals surface area contributed by atoms with E-state index in [9.17, 15) is 9.32 Å². The highest BCUT2D eigenvalue weighted by molar-refractivity contribution is 7.96. The van der Waals surface area contributed by atoms with Crippen LogP contribution in [0.2, 0.25) is 5.04 Å². The molecule has 0 aliphatic heterocycles. The second-order valence-electron chi connectivity index (χ2n) is 10.1. The van der Waals surface area contributed by atoms with Crippen molar-refractivity contribution in [1.29, 1.82) is 0 Å². The van der Waals surface area contributed by atoms with Crippen molar-refractivity contribution in [2.75, 3.05) is 13.7 Å². The Morgan fingerprint density at radius 1 is 0.917 bits per heavy atom. The highest BCUT2D eigenvalue weighted by Gasteiger charge is 2.50. The smallest absolute Gasteiger partial charge is 0.261 e. The third kappa shape index (κ3) is 6.24. The first kappa shape index (κ1) is 28.1. The zero-order valence-electron chi connectivity index (χ0n) is 22.0. The van der Waals surface area contributed by atoms with Gasteiger partial charge in [0.1, 0.15) is 0 Å². The Morgan fingerprint density at radius 3 is 1.83 bits per heavy atom. The molecule has 0 radical (unpaired) electrons. The van der Waals surface area contributed by atoms with Gasteiger partial charge in [0.2, 0.25) is 0 Å². The van der Waals surface area contributed by atoms with E-state index in [-0.39, 0.29) is 11.0 Å². The number of rotatable bonds is 10. The molecule has 3 rings (SSSR count). The fourth-order valence-corrected chi connectivity index (χ4v) is 10.7. The lowest BCUT2D eigenvalue weighted by Crippen LogP contribution is -2.66. The van der Waals surface area contributed by atoms with Crippen molar-refractivity contribution in [1.82, 2.24) is 0 Å². The van der Waals surface area contributed by atoms with Crippen molar-refractivity contribution >= 4 is 28.4 Å². The van der Waals surface area contributed by atoms with Crippen LogP contribution in [0.1, 0.15) is 34.1 Å². The predicted molar refractivity (Wildman–Crippen MR) is 154 cm³/mol. The van der Waals surface area contributed by atoms with E-state index in [4.69, 9.17) is 4.43 Å². The number of aliphatic hydroxyl groups excluding tert-OH is 1. The molecule has 0 saturated heterocycles. The van der Waals surface area contributed by atoms with E-state index in [2.05, 4.69) is 73.7 Å². The minimum atomic E-state index is -2.66. The van der Waals surface area contributed by atoms with Gasteiger partial charge in [0.25, 0.3) is 8.32 Å². The fraction of sp³-hybridized carbons (Fsp3) is 0.333. The molecule has 0 aliphatic carbocycles. The molecule has 0 spiro atoms. The van der Waals surface area contributed by atoms with Crippen LogP contribution >= 0.6 is 0 Å². The zero-order valence-corrected chi connectivity index (χ0v) is 23.8. The van der Waals surface area contributed by atoms with Crippen LogP contribution in [0.25, 0.3) is 0 Å². The molecule has 3 aromatic carbocycles. The fourth-order valence-electron chi connectivity index (χ4n) is 4.58. The van der Waals surface area contributed by atoms with Gasteiger partial charge < -0.3 is 9.53 Å². The van der Waals surface area contributed by atoms with Gasteiger partial charge >= 0.3 is 0 Å². The topological polar surface area (TPSA) is 58.9 Å². The van der Waals surface area contributed by atoms with Crippen molar-refractivity contribution < 1.29 is 13.7 Å². The predicted octanol–water partition coefficient (Wildman–Crippen LogP) is 5.62. The highest BCUT2D eigenvalue weighted by atomic mass is 32.2. The van der Waals surface area contributed by atoms with E-state index in [0.29, 0.717) is 17.9 Å². The summed E-state index contributed by atoms with van der Waals surface area (Å²) in [4.78, 5) is 0.667. The number of nitrogens with zero attached hydrogens (tertiary/aromatic N) is 1. The largest absolute Gasteiger partial charge is 0.407 e. The molecule has 0 aliphatic rings. The Kier molecular flexibility index (Phi) is 9.47. The average molecular weight is 522 g/mol. The number of benzene rings is 3. The maximum Gasteiger partial charge on any atom is 0.261 e. The van der Waals surface area contributed by atoms with Gasteiger partial charge in [0, 0.05) is 25.0 Å². The molecule has 36 heavy (non-hydrogen) atoms. The summed E-state index contributed by atoms with van der Waals surface area (Å²) in [5.74, 6) is -0.195. The molecular weight excluding hydrogens is 482 g/mol. The van der Waals surface area contributed by atoms with Crippen molar-refractivity contribution in [3.8, 4) is 0 Å². The first-order chi connectivity index (χ1) is 17.1. The molecular formula is C30H39NO3SSi. The molecule has 0 amide bonds. The molecule has 0 fully saturated rings. The van der Waals surface area contributed by atoms with Crippen molar-refractivity contribution in [2.24, 2.45) is 10.3 Å². The Morgan fingerprint density at radius 2 is 1.39 bits per heavy atom. The summed E-state index contributed by atoms with van der Waals surface area (Å²) in [6.45, 7) is 9.10. The Labute approximate surface area is 218 Å². The van der Waals surface area contributed by atoms with Crippen LogP contribution in [0.5, 0.6) is 0 Å². The van der Waals surface area contributed by atoms with Gasteiger partial charge in [-0.3, -0.25) is 0 Å². The maximum absolute atomic E-state index is 13.3.